The Balaban J connectivity index is 2.47. The summed E-state index contributed by atoms with van der Waals surface area (Å²) in [7, 11) is 0. The lowest BCUT2D eigenvalue weighted by Gasteiger charge is -2.36. The van der Waals surface area contributed by atoms with Crippen LogP contribution in [0.15, 0.2) is 12.7 Å². The Hall–Kier alpha value is -0.440. The molecular weight excluding hydrogens is 184 g/mol. The lowest BCUT2D eigenvalue weighted by atomic mass is 9.90. The number of alkyl halides is 2. The summed E-state index contributed by atoms with van der Waals surface area (Å²) < 4.78 is 26.5. The van der Waals surface area contributed by atoms with Gasteiger partial charge in [0.05, 0.1) is 0 Å². The minimum absolute atomic E-state index is 0.466. The first kappa shape index (κ1) is 11.6. The van der Waals surface area contributed by atoms with Gasteiger partial charge in [0, 0.05) is 12.0 Å². The highest BCUT2D eigenvalue weighted by Crippen LogP contribution is 2.34. The Labute approximate surface area is 84.8 Å². The first-order valence-corrected chi connectivity index (χ1v) is 5.23. The number of nitrogens with zero attached hydrogens (tertiary/aromatic N) is 1. The summed E-state index contributed by atoms with van der Waals surface area (Å²) in [5, 5.41) is 0. The predicted octanol–water partition coefficient (Wildman–Crippen LogP) is 2.93. The van der Waals surface area contributed by atoms with E-state index in [0.29, 0.717) is 18.9 Å². The molecular formula is C11H19F2N. The maximum atomic E-state index is 13.2. The van der Waals surface area contributed by atoms with E-state index in [9.17, 15) is 8.78 Å². The van der Waals surface area contributed by atoms with E-state index in [1.54, 1.807) is 0 Å². The zero-order chi connectivity index (χ0) is 10.8. The monoisotopic (exact) mass is 203 g/mol. The molecule has 14 heavy (non-hydrogen) atoms. The fraction of sp³-hybridized carbons (Fsp3) is 0.818. The van der Waals surface area contributed by atoms with Gasteiger partial charge in [-0.3, -0.25) is 0 Å². The van der Waals surface area contributed by atoms with Gasteiger partial charge in [0.2, 0.25) is 0 Å². The third kappa shape index (κ3) is 2.53. The van der Waals surface area contributed by atoms with Crippen molar-refractivity contribution in [3.05, 3.63) is 12.7 Å². The summed E-state index contributed by atoms with van der Waals surface area (Å²) in [6.45, 7) is 8.97. The molecule has 1 aliphatic heterocycles. The minimum atomic E-state index is -2.68. The first-order chi connectivity index (χ1) is 6.47. The highest BCUT2D eigenvalue weighted by Gasteiger charge is 2.38. The molecule has 82 valence electrons. The molecule has 0 aliphatic carbocycles. The van der Waals surface area contributed by atoms with Crippen molar-refractivity contribution in [1.29, 1.82) is 0 Å². The van der Waals surface area contributed by atoms with E-state index >= 15 is 0 Å². The van der Waals surface area contributed by atoms with E-state index < -0.39 is 11.8 Å². The summed E-state index contributed by atoms with van der Waals surface area (Å²) >= 11 is 0. The molecule has 0 spiro atoms. The van der Waals surface area contributed by atoms with Gasteiger partial charge < -0.3 is 4.90 Å². The van der Waals surface area contributed by atoms with Crippen LogP contribution in [-0.4, -0.2) is 30.0 Å². The van der Waals surface area contributed by atoms with Gasteiger partial charge in [-0.05, 0) is 45.9 Å². The van der Waals surface area contributed by atoms with Crippen LogP contribution < -0.4 is 0 Å². The van der Waals surface area contributed by atoms with Crippen molar-refractivity contribution in [2.45, 2.75) is 38.7 Å². The van der Waals surface area contributed by atoms with Crippen molar-refractivity contribution in [2.75, 3.05) is 13.1 Å². The van der Waals surface area contributed by atoms with Crippen LogP contribution in [0.2, 0.25) is 0 Å². The van der Waals surface area contributed by atoms with Gasteiger partial charge in [0.1, 0.15) is 0 Å². The third-order valence-corrected chi connectivity index (χ3v) is 3.08. The fourth-order valence-electron chi connectivity index (χ4n) is 1.97. The molecule has 0 aromatic carbocycles. The van der Waals surface area contributed by atoms with Crippen LogP contribution in [-0.2, 0) is 0 Å². The number of hydrogen-bond acceptors (Lipinski definition) is 1. The van der Waals surface area contributed by atoms with Crippen molar-refractivity contribution in [3.63, 3.8) is 0 Å². The second kappa shape index (κ2) is 4.39. The number of piperidine rings is 1. The molecule has 1 aliphatic rings. The summed E-state index contributed by atoms with van der Waals surface area (Å²) in [5.41, 5.74) is 0. The van der Waals surface area contributed by atoms with E-state index in [-0.39, 0.29) is 0 Å². The minimum Gasteiger partial charge on any atom is -0.301 e. The summed E-state index contributed by atoms with van der Waals surface area (Å²) in [6.07, 6.45) is 1.96. The van der Waals surface area contributed by atoms with Crippen molar-refractivity contribution in [3.8, 4) is 0 Å². The Morgan fingerprint density at radius 3 is 2.21 bits per heavy atom. The molecule has 0 radical (unpaired) electrons. The van der Waals surface area contributed by atoms with Crippen molar-refractivity contribution < 1.29 is 8.78 Å². The van der Waals surface area contributed by atoms with Crippen LogP contribution >= 0.6 is 0 Å². The average Bonchev–Trinajstić information content (AvgIpc) is 2.18. The largest absolute Gasteiger partial charge is 0.301 e. The standard InChI is InChI=1S/C11H19F2N/c1-4-11(12,13)10-5-7-14(8-6-10)9(2)3/h4,9-10H,1,5-8H2,2-3H3. The second-order valence-corrected chi connectivity index (χ2v) is 4.28. The van der Waals surface area contributed by atoms with Crippen LogP contribution in [0.4, 0.5) is 8.78 Å². The normalized spacial score (nSPS) is 21.5. The van der Waals surface area contributed by atoms with Crippen LogP contribution in [0.1, 0.15) is 26.7 Å². The smallest absolute Gasteiger partial charge is 0.269 e. The maximum Gasteiger partial charge on any atom is 0.269 e. The molecule has 0 saturated carbocycles. The first-order valence-electron chi connectivity index (χ1n) is 5.23. The third-order valence-electron chi connectivity index (χ3n) is 3.08. The lowest BCUT2D eigenvalue weighted by Crippen LogP contribution is -2.42. The maximum absolute atomic E-state index is 13.2. The molecule has 0 N–H and O–H groups in total. The van der Waals surface area contributed by atoms with E-state index in [1.807, 2.05) is 0 Å². The Morgan fingerprint density at radius 2 is 1.86 bits per heavy atom. The van der Waals surface area contributed by atoms with Gasteiger partial charge >= 0.3 is 0 Å². The van der Waals surface area contributed by atoms with Crippen LogP contribution in [0.25, 0.3) is 0 Å². The zero-order valence-electron chi connectivity index (χ0n) is 8.97. The van der Waals surface area contributed by atoms with Crippen LogP contribution in [0.5, 0.6) is 0 Å². The number of likely N-dealkylation sites (tertiary alicyclic amines) is 1. The SMILES string of the molecule is C=CC(F)(F)C1CCN(C(C)C)CC1. The van der Waals surface area contributed by atoms with Gasteiger partial charge in [0.25, 0.3) is 5.92 Å². The van der Waals surface area contributed by atoms with E-state index in [2.05, 4.69) is 25.3 Å². The molecule has 0 aromatic heterocycles. The zero-order valence-corrected chi connectivity index (χ0v) is 8.97. The molecule has 0 unspecified atom stereocenters. The molecule has 1 saturated heterocycles. The van der Waals surface area contributed by atoms with E-state index in [0.717, 1.165) is 19.2 Å². The summed E-state index contributed by atoms with van der Waals surface area (Å²) in [6, 6.07) is 0.466. The van der Waals surface area contributed by atoms with Crippen molar-refractivity contribution >= 4 is 0 Å². The highest BCUT2D eigenvalue weighted by molar-refractivity contribution is 4.95. The topological polar surface area (TPSA) is 3.24 Å². The van der Waals surface area contributed by atoms with Crippen LogP contribution in [0, 0.1) is 5.92 Å². The summed E-state index contributed by atoms with van der Waals surface area (Å²) in [4.78, 5) is 2.25. The fourth-order valence-corrected chi connectivity index (χ4v) is 1.97. The highest BCUT2D eigenvalue weighted by atomic mass is 19.3. The number of hydrogen-bond donors (Lipinski definition) is 0. The van der Waals surface area contributed by atoms with Crippen molar-refractivity contribution in [2.24, 2.45) is 5.92 Å². The van der Waals surface area contributed by atoms with Crippen molar-refractivity contribution in [1.82, 2.24) is 4.90 Å². The molecule has 1 heterocycles. The van der Waals surface area contributed by atoms with Gasteiger partial charge in [-0.25, -0.2) is 8.78 Å². The Morgan fingerprint density at radius 1 is 1.36 bits per heavy atom. The molecule has 0 atom stereocenters. The van der Waals surface area contributed by atoms with E-state index in [1.165, 1.54) is 0 Å². The molecule has 0 amide bonds. The molecule has 0 aromatic rings. The molecule has 3 heteroatoms. The number of halogens is 2. The van der Waals surface area contributed by atoms with Gasteiger partial charge in [-0.15, -0.1) is 0 Å². The predicted molar refractivity (Wildman–Crippen MR) is 54.6 cm³/mol. The van der Waals surface area contributed by atoms with Crippen LogP contribution in [0.3, 0.4) is 0 Å². The molecule has 1 rings (SSSR count). The number of rotatable bonds is 3. The number of allylic oxidation sites excluding steroid dienone is 1. The Bertz CT molecular complexity index is 193. The quantitative estimate of drug-likeness (QED) is 0.637. The summed E-state index contributed by atoms with van der Waals surface area (Å²) in [5.74, 6) is -3.18. The average molecular weight is 203 g/mol. The van der Waals surface area contributed by atoms with Gasteiger partial charge in [-0.2, -0.15) is 0 Å². The molecule has 0 bridgehead atoms. The van der Waals surface area contributed by atoms with E-state index in [4.69, 9.17) is 0 Å². The Kier molecular flexibility index (Phi) is 3.65. The lowest BCUT2D eigenvalue weighted by molar-refractivity contribution is -0.0386. The van der Waals surface area contributed by atoms with Gasteiger partial charge in [-0.1, -0.05) is 6.58 Å². The molecule has 1 fully saturated rings. The molecule has 1 nitrogen and oxygen atoms in total. The van der Waals surface area contributed by atoms with Gasteiger partial charge in [0.15, 0.2) is 0 Å². The second-order valence-electron chi connectivity index (χ2n) is 4.28.